The third-order valence-corrected chi connectivity index (χ3v) is 14.8. The van der Waals surface area contributed by atoms with E-state index in [9.17, 15) is 15.0 Å². The number of aromatic nitrogens is 1. The average molecular weight is 849 g/mol. The average Bonchev–Trinajstić information content (AvgIpc) is 3.89. The lowest BCUT2D eigenvalue weighted by Gasteiger charge is -2.63. The molecule has 2 bridgehead atoms. The zero-order valence-electron chi connectivity index (χ0n) is 34.6. The lowest BCUT2D eigenvalue weighted by Crippen LogP contribution is -2.82. The summed E-state index contributed by atoms with van der Waals surface area (Å²) >= 11 is 0. The van der Waals surface area contributed by atoms with Crippen molar-refractivity contribution < 1.29 is 46.8 Å². The Hall–Kier alpha value is -4.33. The number of H-pyrrole nitrogens is 1. The predicted octanol–water partition coefficient (Wildman–Crippen LogP) is 2.39. The summed E-state index contributed by atoms with van der Waals surface area (Å²) in [5.41, 5.74) is 3.42. The van der Waals surface area contributed by atoms with Crippen molar-refractivity contribution in [2.24, 2.45) is 17.2 Å². The normalized spacial score (nSPS) is 34.1. The molecule has 1 aliphatic carbocycles. The van der Waals surface area contributed by atoms with Crippen molar-refractivity contribution in [1.82, 2.24) is 20.2 Å². The van der Waals surface area contributed by atoms with E-state index in [1.54, 1.807) is 7.11 Å². The number of nitrogens with zero attached hydrogens (tertiary/aromatic N) is 3. The number of benzene rings is 2. The van der Waals surface area contributed by atoms with Crippen molar-refractivity contribution in [3.05, 3.63) is 82.6 Å². The first kappa shape index (κ1) is 42.4. The smallest absolute Gasteiger partial charge is 0.394 e. The standard InChI is InChI=1S/C43H54N6O6.H2O4S/c1-6-25-19-26-22-42(39(52)55-5,34-28(13-17-48(23-25)24-26)27-11-8-9-12-31(27)45-34)30-20-29-32(21-33(30)54-4)47(3)36-41(29)15-18-49-16-10-14-40(7-2,35(41)49)37(50)43(36,53)38(51)46-44;1-5(2,3)4/h8-12,14,19-21,26,35-37,45,50,53H,6-7,13,15-18,22-24,44H2,1-5H3,(H,46,51);(H2,1,2,3,4)/t26-,35+,36-,37-,40-,41-,42+,43+;/m1./s1. The lowest BCUT2D eigenvalue weighted by atomic mass is 9.47. The van der Waals surface area contributed by atoms with Gasteiger partial charge in [-0.05, 0) is 67.8 Å². The molecule has 6 aliphatic rings. The number of aromatic amines is 1. The monoisotopic (exact) mass is 848 g/mol. The van der Waals surface area contributed by atoms with Gasteiger partial charge in [-0.25, -0.2) is 5.84 Å². The van der Waals surface area contributed by atoms with Crippen LogP contribution in [0.3, 0.4) is 0 Å². The molecule has 1 amide bonds. The molecule has 9 rings (SSSR count). The summed E-state index contributed by atoms with van der Waals surface area (Å²) in [4.78, 5) is 39.9. The molecule has 1 unspecified atom stereocenters. The number of fused-ring (bicyclic) bond motifs is 6. The van der Waals surface area contributed by atoms with Crippen LogP contribution in [0.1, 0.15) is 61.9 Å². The van der Waals surface area contributed by atoms with E-state index in [-0.39, 0.29) is 17.9 Å². The molecule has 16 nitrogen and oxygen atoms in total. The molecule has 2 aromatic carbocycles. The lowest BCUT2D eigenvalue weighted by molar-refractivity contribution is -0.203. The molecule has 6 heterocycles. The number of likely N-dealkylation sites (N-methyl/N-ethyl adjacent to an activating group) is 1. The minimum Gasteiger partial charge on any atom is -0.496 e. The number of ether oxygens (including phenoxy) is 2. The minimum absolute atomic E-state index is 0.0353. The number of amides is 1. The van der Waals surface area contributed by atoms with Crippen LogP contribution in [0.5, 0.6) is 5.75 Å². The van der Waals surface area contributed by atoms with E-state index in [4.69, 9.17) is 32.8 Å². The number of nitrogens with one attached hydrogen (secondary N) is 2. The van der Waals surface area contributed by atoms with Gasteiger partial charge in [0.05, 0.1) is 20.3 Å². The summed E-state index contributed by atoms with van der Waals surface area (Å²) in [6, 6.07) is 11.2. The largest absolute Gasteiger partial charge is 0.496 e. The molecule has 1 saturated carbocycles. The maximum atomic E-state index is 15.2. The fourth-order valence-corrected chi connectivity index (χ4v) is 12.7. The zero-order valence-corrected chi connectivity index (χ0v) is 35.5. The van der Waals surface area contributed by atoms with Gasteiger partial charge in [0.15, 0.2) is 5.60 Å². The molecular weight excluding hydrogens is 793 g/mol. The van der Waals surface area contributed by atoms with Gasteiger partial charge in [0.25, 0.3) is 5.91 Å². The number of hydrogen-bond donors (Lipinski definition) is 7. The number of carbonyl (C=O) groups excluding carboxylic acids is 2. The van der Waals surface area contributed by atoms with Gasteiger partial charge in [-0.1, -0.05) is 55.8 Å². The number of rotatable bonds is 6. The Balaban J connectivity index is 0.000000943. The molecule has 3 aromatic rings. The highest BCUT2D eigenvalue weighted by molar-refractivity contribution is 7.79. The molecule has 5 aliphatic heterocycles. The first-order chi connectivity index (χ1) is 28.5. The second-order valence-electron chi connectivity index (χ2n) is 17.3. The first-order valence-corrected chi connectivity index (χ1v) is 22.0. The molecular formula is C43H56N6O10S. The SMILES string of the molecule is CCC1=C[C@H]2CN(CCc3c([nH]c4ccccc34)[C@@](C(=O)OC)(c3cc4c(cc3OC)N(C)[C@H]3[C@@](O)(C(=O)NN)[C@H](O)[C@]5(CC)C=CCN6CC[C@]43[C@@H]65)C2)C1.O=S(=O)(O)O. The van der Waals surface area contributed by atoms with E-state index < -0.39 is 50.3 Å². The number of methoxy groups -OCH3 is 2. The van der Waals surface area contributed by atoms with Crippen molar-refractivity contribution in [3.63, 3.8) is 0 Å². The van der Waals surface area contributed by atoms with Gasteiger partial charge in [0.1, 0.15) is 17.3 Å². The Labute approximate surface area is 349 Å². The van der Waals surface area contributed by atoms with Crippen molar-refractivity contribution in [2.75, 3.05) is 58.9 Å². The van der Waals surface area contributed by atoms with Gasteiger partial charge in [0, 0.05) is 84.0 Å². The van der Waals surface area contributed by atoms with E-state index in [1.165, 1.54) is 12.7 Å². The zero-order chi connectivity index (χ0) is 43.2. The minimum atomic E-state index is -4.67. The van der Waals surface area contributed by atoms with E-state index in [1.807, 2.05) is 43.1 Å². The Morgan fingerprint density at radius 3 is 2.48 bits per heavy atom. The second-order valence-corrected chi connectivity index (χ2v) is 18.2. The molecule has 8 N–H and O–H groups in total. The number of para-hydroxylation sites is 1. The molecule has 0 radical (unpaired) electrons. The van der Waals surface area contributed by atoms with Crippen molar-refractivity contribution in [3.8, 4) is 5.75 Å². The van der Waals surface area contributed by atoms with Gasteiger partial charge < -0.3 is 29.6 Å². The topological polar surface area (TPSA) is 231 Å². The molecule has 60 heavy (non-hydrogen) atoms. The number of aliphatic hydroxyl groups is 2. The molecule has 17 heteroatoms. The number of aliphatic hydroxyl groups excluding tert-OH is 1. The Bertz CT molecular complexity index is 2390. The fourth-order valence-electron chi connectivity index (χ4n) is 12.7. The summed E-state index contributed by atoms with van der Waals surface area (Å²) in [6.45, 7) is 8.16. The van der Waals surface area contributed by atoms with E-state index in [2.05, 4.69) is 57.5 Å². The maximum Gasteiger partial charge on any atom is 0.394 e. The van der Waals surface area contributed by atoms with Gasteiger partial charge in [-0.15, -0.1) is 0 Å². The van der Waals surface area contributed by atoms with Crippen LogP contribution < -0.4 is 20.9 Å². The third kappa shape index (κ3) is 5.91. The summed E-state index contributed by atoms with van der Waals surface area (Å²) in [5, 5.41) is 26.4. The van der Waals surface area contributed by atoms with E-state index in [0.29, 0.717) is 43.7 Å². The summed E-state index contributed by atoms with van der Waals surface area (Å²) in [7, 11) is 0.302. The fraction of sp³-hybridized carbons (Fsp3) is 0.535. The van der Waals surface area contributed by atoms with Gasteiger partial charge in [-0.2, -0.15) is 8.42 Å². The number of anilines is 1. The highest BCUT2D eigenvalue weighted by Gasteiger charge is 2.78. The number of nitrogens with two attached hydrogens (primary N) is 1. The maximum absolute atomic E-state index is 15.2. The number of esters is 1. The predicted molar refractivity (Wildman–Crippen MR) is 224 cm³/mol. The quantitative estimate of drug-likeness (QED) is 0.0472. The van der Waals surface area contributed by atoms with Crippen LogP contribution in [0.25, 0.3) is 10.9 Å². The third-order valence-electron chi connectivity index (χ3n) is 14.8. The highest BCUT2D eigenvalue weighted by atomic mass is 32.3. The van der Waals surface area contributed by atoms with Crippen LogP contribution in [0.2, 0.25) is 0 Å². The Morgan fingerprint density at radius 2 is 1.82 bits per heavy atom. The molecule has 1 aromatic heterocycles. The van der Waals surface area contributed by atoms with Crippen LogP contribution in [-0.2, 0) is 42.0 Å². The molecule has 324 valence electrons. The van der Waals surface area contributed by atoms with Crippen LogP contribution in [-0.4, -0.2) is 132 Å². The summed E-state index contributed by atoms with van der Waals surface area (Å²) in [5.74, 6) is 5.18. The first-order valence-electron chi connectivity index (χ1n) is 20.6. The number of hydrogen-bond acceptors (Lipinski definition) is 12. The van der Waals surface area contributed by atoms with E-state index >= 15 is 4.79 Å². The van der Waals surface area contributed by atoms with E-state index in [0.717, 1.165) is 65.9 Å². The van der Waals surface area contributed by atoms with Crippen molar-refractivity contribution in [1.29, 1.82) is 0 Å². The van der Waals surface area contributed by atoms with Crippen molar-refractivity contribution in [2.45, 2.75) is 80.6 Å². The summed E-state index contributed by atoms with van der Waals surface area (Å²) < 4.78 is 43.9. The highest BCUT2D eigenvalue weighted by Crippen LogP contribution is 2.67. The van der Waals surface area contributed by atoms with Crippen LogP contribution in [0, 0.1) is 11.3 Å². The summed E-state index contributed by atoms with van der Waals surface area (Å²) in [6.07, 6.45) is 8.21. The van der Waals surface area contributed by atoms with Crippen LogP contribution >= 0.6 is 0 Å². The molecule has 1 saturated heterocycles. The number of carbonyl (C=O) groups is 2. The Kier molecular flexibility index (Phi) is 10.5. The Morgan fingerprint density at radius 1 is 1.08 bits per heavy atom. The van der Waals surface area contributed by atoms with Crippen LogP contribution in [0.15, 0.2) is 60.2 Å². The number of hydrazine groups is 1. The van der Waals surface area contributed by atoms with Crippen molar-refractivity contribution >= 4 is 38.9 Å². The van der Waals surface area contributed by atoms with Gasteiger partial charge in [-0.3, -0.25) is 33.9 Å². The van der Waals surface area contributed by atoms with Gasteiger partial charge >= 0.3 is 16.4 Å². The molecule has 1 spiro atoms. The second kappa shape index (κ2) is 14.9. The van der Waals surface area contributed by atoms with Gasteiger partial charge in [0.2, 0.25) is 0 Å². The molecule has 2 fully saturated rings. The molecule has 9 atom stereocenters. The van der Waals surface area contributed by atoms with Crippen LogP contribution in [0.4, 0.5) is 5.69 Å².